The van der Waals surface area contributed by atoms with E-state index in [1.54, 1.807) is 0 Å². The van der Waals surface area contributed by atoms with E-state index < -0.39 is 0 Å². The van der Waals surface area contributed by atoms with E-state index in [2.05, 4.69) is 17.1 Å². The van der Waals surface area contributed by atoms with Crippen LogP contribution in [-0.4, -0.2) is 69.1 Å². The molecule has 3 rings (SSSR count). The number of likely N-dealkylation sites (tertiary alicyclic amines) is 1. The molecule has 1 unspecified atom stereocenters. The molecular formula is C22H34ClN3O3. The zero-order valence-corrected chi connectivity index (χ0v) is 18.2. The first-order valence-electron chi connectivity index (χ1n) is 10.9. The molecule has 0 bridgehead atoms. The predicted molar refractivity (Wildman–Crippen MR) is 117 cm³/mol. The fourth-order valence-corrected chi connectivity index (χ4v) is 3.89. The Morgan fingerprint density at radius 3 is 2.86 bits per heavy atom. The lowest BCUT2D eigenvalue weighted by molar-refractivity contribution is -0.0721. The van der Waals surface area contributed by atoms with Crippen LogP contribution in [-0.2, 0) is 9.47 Å². The number of benzene rings is 1. The van der Waals surface area contributed by atoms with Gasteiger partial charge in [-0.2, -0.15) is 0 Å². The normalized spacial score (nSPS) is 21.2. The van der Waals surface area contributed by atoms with Crippen LogP contribution in [0.2, 0.25) is 5.02 Å². The van der Waals surface area contributed by atoms with E-state index in [4.69, 9.17) is 30.8 Å². The monoisotopic (exact) mass is 423 g/mol. The van der Waals surface area contributed by atoms with Crippen molar-refractivity contribution in [3.05, 3.63) is 29.3 Å². The summed E-state index contributed by atoms with van der Waals surface area (Å²) < 4.78 is 17.6. The summed E-state index contributed by atoms with van der Waals surface area (Å²) in [7, 11) is 0. The third kappa shape index (κ3) is 7.68. The largest absolute Gasteiger partial charge is 0.492 e. The van der Waals surface area contributed by atoms with Gasteiger partial charge < -0.3 is 24.4 Å². The van der Waals surface area contributed by atoms with Gasteiger partial charge in [-0.3, -0.25) is 0 Å². The lowest BCUT2D eigenvalue weighted by Crippen LogP contribution is -2.47. The summed E-state index contributed by atoms with van der Waals surface area (Å²) in [6.45, 7) is 7.60. The van der Waals surface area contributed by atoms with Crippen molar-refractivity contribution in [3.63, 3.8) is 0 Å². The van der Waals surface area contributed by atoms with Gasteiger partial charge in [0.05, 0.1) is 25.4 Å². The molecule has 29 heavy (non-hydrogen) atoms. The fraction of sp³-hybridized carbons (Fsp3) is 0.682. The molecule has 0 aliphatic carbocycles. The summed E-state index contributed by atoms with van der Waals surface area (Å²) in [4.78, 5) is 7.05. The number of ether oxygens (including phenoxy) is 3. The van der Waals surface area contributed by atoms with Crippen molar-refractivity contribution in [3.8, 4) is 5.75 Å². The highest BCUT2D eigenvalue weighted by atomic mass is 35.5. The third-order valence-electron chi connectivity index (χ3n) is 5.29. The maximum absolute atomic E-state index is 6.12. The van der Waals surface area contributed by atoms with Gasteiger partial charge >= 0.3 is 0 Å². The van der Waals surface area contributed by atoms with E-state index in [1.165, 1.54) is 12.8 Å². The number of hydrogen-bond acceptors (Lipinski definition) is 4. The van der Waals surface area contributed by atoms with Crippen LogP contribution in [0.15, 0.2) is 29.3 Å². The van der Waals surface area contributed by atoms with Gasteiger partial charge in [0.2, 0.25) is 0 Å². The fourth-order valence-electron chi connectivity index (χ4n) is 3.71. The zero-order valence-electron chi connectivity index (χ0n) is 17.4. The SMILES string of the molecule is CCNC(=NCCOc1cccc(Cl)c1)N1CCC(OCC2CCCCO2)CC1. The number of hydrogen-bond donors (Lipinski definition) is 1. The average molecular weight is 424 g/mol. The van der Waals surface area contributed by atoms with Crippen LogP contribution in [0.3, 0.4) is 0 Å². The van der Waals surface area contributed by atoms with Gasteiger partial charge in [-0.25, -0.2) is 4.99 Å². The first kappa shape index (κ1) is 22.2. The van der Waals surface area contributed by atoms with E-state index >= 15 is 0 Å². The Balaban J connectivity index is 1.39. The Bertz CT molecular complexity index is 629. The molecule has 6 nitrogen and oxygen atoms in total. The third-order valence-corrected chi connectivity index (χ3v) is 5.52. The molecule has 2 saturated heterocycles. The van der Waals surface area contributed by atoms with Crippen LogP contribution >= 0.6 is 11.6 Å². The molecule has 0 amide bonds. The van der Waals surface area contributed by atoms with E-state index in [9.17, 15) is 0 Å². The number of nitrogens with one attached hydrogen (secondary N) is 1. The van der Waals surface area contributed by atoms with Crippen molar-refractivity contribution >= 4 is 17.6 Å². The van der Waals surface area contributed by atoms with Crippen LogP contribution in [0.4, 0.5) is 0 Å². The molecule has 1 atom stereocenters. The molecule has 0 spiro atoms. The highest BCUT2D eigenvalue weighted by Gasteiger charge is 2.23. The molecule has 162 valence electrons. The van der Waals surface area contributed by atoms with E-state index in [-0.39, 0.29) is 0 Å². The van der Waals surface area contributed by atoms with Gasteiger partial charge in [0.25, 0.3) is 0 Å². The molecule has 1 N–H and O–H groups in total. The highest BCUT2D eigenvalue weighted by molar-refractivity contribution is 6.30. The van der Waals surface area contributed by atoms with Crippen LogP contribution in [0.1, 0.15) is 39.0 Å². The Kier molecular flexibility index (Phi) is 9.38. The number of rotatable bonds is 8. The second-order valence-electron chi connectivity index (χ2n) is 7.55. The van der Waals surface area contributed by atoms with Gasteiger partial charge in [-0.15, -0.1) is 0 Å². The van der Waals surface area contributed by atoms with Crippen molar-refractivity contribution in [1.82, 2.24) is 10.2 Å². The van der Waals surface area contributed by atoms with Gasteiger partial charge in [0.15, 0.2) is 5.96 Å². The van der Waals surface area contributed by atoms with Crippen LogP contribution in [0, 0.1) is 0 Å². The number of guanidine groups is 1. The molecule has 2 heterocycles. The summed E-state index contributed by atoms with van der Waals surface area (Å²) in [5, 5.41) is 4.08. The Labute approximate surface area is 179 Å². The minimum atomic E-state index is 0.292. The Morgan fingerprint density at radius 1 is 1.28 bits per heavy atom. The first-order valence-corrected chi connectivity index (χ1v) is 11.3. The first-order chi connectivity index (χ1) is 14.2. The standard InChI is InChI=1S/C22H34ClN3O3/c1-2-24-22(25-11-15-28-20-8-5-6-18(23)16-20)26-12-9-19(10-13-26)29-17-21-7-3-4-14-27-21/h5-6,8,16,19,21H,2-4,7,9-15,17H2,1H3,(H,24,25). The van der Waals surface area contributed by atoms with E-state index in [0.29, 0.717) is 30.4 Å². The molecule has 2 aliphatic rings. The lowest BCUT2D eigenvalue weighted by atomic mass is 10.1. The molecule has 0 saturated carbocycles. The summed E-state index contributed by atoms with van der Waals surface area (Å²) in [6, 6.07) is 7.45. The zero-order chi connectivity index (χ0) is 20.3. The maximum atomic E-state index is 6.12. The molecule has 0 radical (unpaired) electrons. The highest BCUT2D eigenvalue weighted by Crippen LogP contribution is 2.18. The minimum Gasteiger partial charge on any atom is -0.492 e. The minimum absolute atomic E-state index is 0.292. The summed E-state index contributed by atoms with van der Waals surface area (Å²) >= 11 is 5.99. The van der Waals surface area contributed by atoms with Crippen molar-refractivity contribution in [2.75, 3.05) is 46.0 Å². The second-order valence-corrected chi connectivity index (χ2v) is 7.99. The van der Waals surface area contributed by atoms with E-state index in [1.807, 2.05) is 24.3 Å². The maximum Gasteiger partial charge on any atom is 0.194 e. The summed E-state index contributed by atoms with van der Waals surface area (Å²) in [5.41, 5.74) is 0. The number of nitrogens with zero attached hydrogens (tertiary/aromatic N) is 2. The average Bonchev–Trinajstić information content (AvgIpc) is 2.76. The van der Waals surface area contributed by atoms with Gasteiger partial charge in [0.1, 0.15) is 12.4 Å². The van der Waals surface area contributed by atoms with Crippen LogP contribution in [0.25, 0.3) is 0 Å². The van der Waals surface area contributed by atoms with Gasteiger partial charge in [0, 0.05) is 31.3 Å². The Morgan fingerprint density at radius 2 is 2.14 bits per heavy atom. The molecule has 2 fully saturated rings. The molecule has 2 aliphatic heterocycles. The topological polar surface area (TPSA) is 55.3 Å². The second kappa shape index (κ2) is 12.3. The molecule has 0 aromatic heterocycles. The van der Waals surface area contributed by atoms with Gasteiger partial charge in [-0.1, -0.05) is 17.7 Å². The number of halogens is 1. The summed E-state index contributed by atoms with van der Waals surface area (Å²) in [6.07, 6.45) is 6.24. The number of aliphatic imine (C=N–C) groups is 1. The predicted octanol–water partition coefficient (Wildman–Crippen LogP) is 3.73. The quantitative estimate of drug-likeness (QED) is 0.392. The Hall–Kier alpha value is -1.50. The molecule has 7 heteroatoms. The van der Waals surface area contributed by atoms with Crippen molar-refractivity contribution in [2.45, 2.75) is 51.2 Å². The van der Waals surface area contributed by atoms with Crippen molar-refractivity contribution < 1.29 is 14.2 Å². The number of piperidine rings is 1. The molecule has 1 aromatic rings. The molecule has 1 aromatic carbocycles. The summed E-state index contributed by atoms with van der Waals surface area (Å²) in [5.74, 6) is 1.73. The van der Waals surface area contributed by atoms with Gasteiger partial charge in [-0.05, 0) is 57.2 Å². The smallest absolute Gasteiger partial charge is 0.194 e. The van der Waals surface area contributed by atoms with Crippen LogP contribution in [0.5, 0.6) is 5.75 Å². The van der Waals surface area contributed by atoms with Crippen molar-refractivity contribution in [1.29, 1.82) is 0 Å². The molecular weight excluding hydrogens is 390 g/mol. The van der Waals surface area contributed by atoms with E-state index in [0.717, 1.165) is 63.8 Å². The lowest BCUT2D eigenvalue weighted by Gasteiger charge is -2.35. The van der Waals surface area contributed by atoms with Crippen LogP contribution < -0.4 is 10.1 Å². The van der Waals surface area contributed by atoms with Crippen molar-refractivity contribution in [2.24, 2.45) is 4.99 Å².